The number of hydrogen-bond acceptors (Lipinski definition) is 4. The van der Waals surface area contributed by atoms with Gasteiger partial charge in [0.05, 0.1) is 6.20 Å². The minimum atomic E-state index is -0.664. The molecule has 5 heteroatoms. The maximum atomic E-state index is 6.63. The smallest absolute Gasteiger partial charge is 0.219 e. The van der Waals surface area contributed by atoms with Crippen LogP contribution in [0.1, 0.15) is 17.0 Å². The Morgan fingerprint density at radius 1 is 0.941 bits per heavy atom. The Balaban J connectivity index is 1.65. The van der Waals surface area contributed by atoms with E-state index in [-0.39, 0.29) is 0 Å². The lowest BCUT2D eigenvalue weighted by atomic mass is 9.74. The SMILES string of the molecule is CO[C@H]1Oc2c3cccc2[C@]1(c1ccccc1)/C=C\c1ncc(o1)-c1cn(C)c2cccc-3c12. The number of hydrogen-bond donors (Lipinski definition) is 0. The molecule has 5 aromatic rings. The molecule has 34 heavy (non-hydrogen) atoms. The van der Waals surface area contributed by atoms with Crippen LogP contribution in [0.4, 0.5) is 0 Å². The monoisotopic (exact) mass is 446 g/mol. The third kappa shape index (κ3) is 2.45. The Bertz CT molecular complexity index is 1590. The third-order valence-corrected chi connectivity index (χ3v) is 7.11. The molecule has 0 fully saturated rings. The normalized spacial score (nSPS) is 21.1. The number of nitrogens with zero attached hydrogens (tertiary/aromatic N) is 2. The predicted octanol–water partition coefficient (Wildman–Crippen LogP) is 6.18. The van der Waals surface area contributed by atoms with E-state index in [0.29, 0.717) is 5.89 Å². The molecule has 5 nitrogen and oxygen atoms in total. The number of oxazole rings is 1. The first-order valence-corrected chi connectivity index (χ1v) is 11.3. The van der Waals surface area contributed by atoms with Gasteiger partial charge in [0.15, 0.2) is 5.76 Å². The molecule has 3 aromatic carbocycles. The second-order valence-electron chi connectivity index (χ2n) is 8.85. The van der Waals surface area contributed by atoms with Gasteiger partial charge >= 0.3 is 0 Å². The van der Waals surface area contributed by atoms with Crippen LogP contribution >= 0.6 is 0 Å². The summed E-state index contributed by atoms with van der Waals surface area (Å²) >= 11 is 0. The Morgan fingerprint density at radius 2 is 1.76 bits per heavy atom. The van der Waals surface area contributed by atoms with Crippen LogP contribution in [0.15, 0.2) is 89.6 Å². The van der Waals surface area contributed by atoms with Crippen molar-refractivity contribution < 1.29 is 13.9 Å². The molecular formula is C29H22N2O3. The first-order chi connectivity index (χ1) is 16.7. The highest BCUT2D eigenvalue weighted by atomic mass is 16.7. The number of fused-ring (bicyclic) bond motifs is 4. The van der Waals surface area contributed by atoms with E-state index in [9.17, 15) is 0 Å². The number of methoxy groups -OCH3 is 1. The van der Waals surface area contributed by atoms with Gasteiger partial charge in [0.1, 0.15) is 11.2 Å². The van der Waals surface area contributed by atoms with Crippen molar-refractivity contribution in [3.8, 4) is 28.2 Å². The standard InChI is InChI=1S/C29H22N2O3/c1-31-17-21-24-16-30-25(33-24)14-15-29(18-8-4-3-5-9-18)22-12-6-11-20(27(22)34-28(29)32-2)19-10-7-13-23(31)26(19)21/h3-17,28H,1-2H3/b15-14-/t28-,29+/m0/s1. The third-order valence-electron chi connectivity index (χ3n) is 7.11. The maximum Gasteiger partial charge on any atom is 0.219 e. The van der Waals surface area contributed by atoms with Crippen molar-refractivity contribution in [3.05, 3.63) is 102 Å². The van der Waals surface area contributed by atoms with Gasteiger partial charge in [0, 0.05) is 47.9 Å². The van der Waals surface area contributed by atoms with Gasteiger partial charge in [-0.25, -0.2) is 4.98 Å². The van der Waals surface area contributed by atoms with Crippen LogP contribution < -0.4 is 4.74 Å². The van der Waals surface area contributed by atoms with Crippen molar-refractivity contribution in [2.24, 2.45) is 7.05 Å². The van der Waals surface area contributed by atoms with Crippen molar-refractivity contribution in [1.82, 2.24) is 9.55 Å². The van der Waals surface area contributed by atoms with Crippen molar-refractivity contribution in [1.29, 1.82) is 0 Å². The summed E-state index contributed by atoms with van der Waals surface area (Å²) in [6.45, 7) is 0. The lowest BCUT2D eigenvalue weighted by Gasteiger charge is -2.31. The molecule has 7 rings (SSSR count). The number of para-hydroxylation sites is 1. The summed E-state index contributed by atoms with van der Waals surface area (Å²) in [6.07, 6.45) is 7.40. The lowest BCUT2D eigenvalue weighted by molar-refractivity contribution is -0.0645. The Kier molecular flexibility index (Phi) is 3.96. The number of rotatable bonds is 2. The van der Waals surface area contributed by atoms with Crippen LogP contribution in [-0.2, 0) is 17.2 Å². The number of benzene rings is 3. The molecule has 0 spiro atoms. The summed E-state index contributed by atoms with van der Waals surface area (Å²) in [7, 11) is 3.75. The van der Waals surface area contributed by atoms with Gasteiger partial charge in [-0.3, -0.25) is 0 Å². The van der Waals surface area contributed by atoms with Gasteiger partial charge in [-0.1, -0.05) is 66.7 Å². The second kappa shape index (κ2) is 6.95. The van der Waals surface area contributed by atoms with Gasteiger partial charge in [-0.2, -0.15) is 0 Å². The summed E-state index contributed by atoms with van der Waals surface area (Å²) in [4.78, 5) is 4.58. The van der Waals surface area contributed by atoms with E-state index < -0.39 is 11.7 Å². The number of aryl methyl sites for hydroxylation is 1. The molecule has 0 saturated carbocycles. The van der Waals surface area contributed by atoms with E-state index in [1.165, 1.54) is 0 Å². The second-order valence-corrected chi connectivity index (χ2v) is 8.85. The molecule has 2 atom stereocenters. The van der Waals surface area contributed by atoms with Crippen LogP contribution in [0, 0.1) is 0 Å². The molecule has 0 saturated heterocycles. The Morgan fingerprint density at radius 3 is 2.62 bits per heavy atom. The molecule has 0 radical (unpaired) electrons. The number of ether oxygens (including phenoxy) is 2. The van der Waals surface area contributed by atoms with Gasteiger partial charge in [0.25, 0.3) is 0 Å². The maximum absolute atomic E-state index is 6.63. The van der Waals surface area contributed by atoms with Crippen LogP contribution in [0.2, 0.25) is 0 Å². The average molecular weight is 447 g/mol. The molecule has 2 aliphatic heterocycles. The van der Waals surface area contributed by atoms with Crippen molar-refractivity contribution >= 4 is 17.0 Å². The van der Waals surface area contributed by atoms with Gasteiger partial charge in [-0.05, 0) is 23.3 Å². The summed E-state index contributed by atoms with van der Waals surface area (Å²) in [5.74, 6) is 2.12. The molecule has 0 unspecified atom stereocenters. The molecule has 2 aromatic heterocycles. The van der Waals surface area contributed by atoms with Crippen molar-refractivity contribution in [2.75, 3.05) is 7.11 Å². The van der Waals surface area contributed by atoms with Gasteiger partial charge in [-0.15, -0.1) is 0 Å². The predicted molar refractivity (Wildman–Crippen MR) is 132 cm³/mol. The van der Waals surface area contributed by atoms with Gasteiger partial charge < -0.3 is 18.5 Å². The molecular weight excluding hydrogens is 424 g/mol. The summed E-state index contributed by atoms with van der Waals surface area (Å²) in [5, 5.41) is 1.11. The molecule has 0 amide bonds. The highest BCUT2D eigenvalue weighted by molar-refractivity contribution is 6.06. The molecule has 4 heterocycles. The molecule has 0 N–H and O–H groups in total. The first kappa shape index (κ1) is 19.4. The fourth-order valence-corrected chi connectivity index (χ4v) is 5.58. The van der Waals surface area contributed by atoms with E-state index in [1.807, 2.05) is 24.3 Å². The van der Waals surface area contributed by atoms with Crippen molar-refractivity contribution in [3.63, 3.8) is 0 Å². The van der Waals surface area contributed by atoms with Crippen LogP contribution in [0.5, 0.6) is 5.75 Å². The van der Waals surface area contributed by atoms with Crippen LogP contribution in [0.25, 0.3) is 39.4 Å². The number of aromatic nitrogens is 2. The quantitative estimate of drug-likeness (QED) is 0.325. The van der Waals surface area contributed by atoms with Gasteiger partial charge in [0.2, 0.25) is 12.2 Å². The van der Waals surface area contributed by atoms with Crippen LogP contribution in [-0.4, -0.2) is 23.0 Å². The van der Waals surface area contributed by atoms with E-state index in [0.717, 1.165) is 50.2 Å². The largest absolute Gasteiger partial charge is 0.462 e. The first-order valence-electron chi connectivity index (χ1n) is 11.3. The Labute approximate surface area is 196 Å². The van der Waals surface area contributed by atoms with E-state index in [4.69, 9.17) is 13.9 Å². The van der Waals surface area contributed by atoms with E-state index in [1.54, 1.807) is 13.3 Å². The average Bonchev–Trinajstić information content (AvgIpc) is 3.57. The van der Waals surface area contributed by atoms with E-state index in [2.05, 4.69) is 77.4 Å². The van der Waals surface area contributed by atoms with Crippen molar-refractivity contribution in [2.45, 2.75) is 11.7 Å². The molecule has 166 valence electrons. The molecule has 2 aliphatic rings. The summed E-state index contributed by atoms with van der Waals surface area (Å²) < 4.78 is 21.0. The van der Waals surface area contributed by atoms with E-state index >= 15 is 0 Å². The summed E-state index contributed by atoms with van der Waals surface area (Å²) in [6, 6.07) is 23.1. The lowest BCUT2D eigenvalue weighted by Crippen LogP contribution is -2.38. The highest BCUT2D eigenvalue weighted by Crippen LogP contribution is 2.54. The fraction of sp³-hybridized carbons (Fsp3) is 0.138. The fourth-order valence-electron chi connectivity index (χ4n) is 5.58. The molecule has 0 aliphatic carbocycles. The zero-order valence-electron chi connectivity index (χ0n) is 18.9. The zero-order valence-corrected chi connectivity index (χ0v) is 18.9. The Hall–Kier alpha value is -4.09. The minimum Gasteiger partial charge on any atom is -0.462 e. The minimum absolute atomic E-state index is 0.542. The molecule has 6 bridgehead atoms. The summed E-state index contributed by atoms with van der Waals surface area (Å²) in [5.41, 5.74) is 5.72. The highest BCUT2D eigenvalue weighted by Gasteiger charge is 2.50. The topological polar surface area (TPSA) is 49.4 Å². The zero-order chi connectivity index (χ0) is 22.9. The van der Waals surface area contributed by atoms with Crippen LogP contribution in [0.3, 0.4) is 0 Å².